The third-order valence-electron chi connectivity index (χ3n) is 4.93. The fourth-order valence-corrected chi connectivity index (χ4v) is 3.32. The van der Waals surface area contributed by atoms with E-state index in [1.807, 2.05) is 0 Å². The number of carbonyl (C=O) groups excluding carboxylic acids is 1. The van der Waals surface area contributed by atoms with E-state index in [2.05, 4.69) is 49.1 Å². The molecule has 0 aliphatic heterocycles. The lowest BCUT2D eigenvalue weighted by molar-refractivity contribution is -0.117. The molecule has 0 bridgehead atoms. The second-order valence-electron chi connectivity index (χ2n) is 6.77. The number of hydrogen-bond acceptors (Lipinski definition) is 2. The van der Waals surface area contributed by atoms with Gasteiger partial charge in [-0.05, 0) is 50.2 Å². The third-order valence-corrected chi connectivity index (χ3v) is 4.93. The standard InChI is InChI=1S/C19H29NO/c1-3-4-14-20(18-8-6-5-7-9-18)15-19(16-21)12-10-17(2)11-13-19/h5-9,16-17H,3-4,10-15H2,1-2H3. The highest BCUT2D eigenvalue weighted by molar-refractivity contribution is 5.62. The van der Waals surface area contributed by atoms with Gasteiger partial charge in [-0.15, -0.1) is 0 Å². The lowest BCUT2D eigenvalue weighted by atomic mass is 9.71. The number of rotatable bonds is 7. The molecule has 1 aliphatic carbocycles. The van der Waals surface area contributed by atoms with Crippen LogP contribution in [-0.2, 0) is 4.79 Å². The zero-order valence-electron chi connectivity index (χ0n) is 13.6. The summed E-state index contributed by atoms with van der Waals surface area (Å²) in [6, 6.07) is 10.6. The Morgan fingerprint density at radius 1 is 1.24 bits per heavy atom. The molecule has 0 heterocycles. The van der Waals surface area contributed by atoms with Crippen LogP contribution in [0.1, 0.15) is 52.4 Å². The van der Waals surface area contributed by atoms with E-state index in [1.54, 1.807) is 0 Å². The van der Waals surface area contributed by atoms with Crippen LogP contribution in [0.15, 0.2) is 30.3 Å². The molecule has 0 aromatic heterocycles. The maximum atomic E-state index is 11.8. The summed E-state index contributed by atoms with van der Waals surface area (Å²) in [5.74, 6) is 0.777. The average Bonchev–Trinajstić information content (AvgIpc) is 2.54. The Balaban J connectivity index is 2.11. The van der Waals surface area contributed by atoms with Gasteiger partial charge >= 0.3 is 0 Å². The van der Waals surface area contributed by atoms with Crippen molar-refractivity contribution in [3.8, 4) is 0 Å². The molecule has 116 valence electrons. The first kappa shape index (κ1) is 16.1. The molecule has 2 nitrogen and oxygen atoms in total. The predicted octanol–water partition coefficient (Wildman–Crippen LogP) is 4.69. The molecule has 0 radical (unpaired) electrons. The van der Waals surface area contributed by atoms with Crippen LogP contribution in [0.5, 0.6) is 0 Å². The highest BCUT2D eigenvalue weighted by Gasteiger charge is 2.35. The van der Waals surface area contributed by atoms with Crippen molar-refractivity contribution >= 4 is 12.0 Å². The molecule has 1 aromatic rings. The lowest BCUT2D eigenvalue weighted by Gasteiger charge is -2.39. The molecule has 2 heteroatoms. The van der Waals surface area contributed by atoms with Crippen molar-refractivity contribution in [2.75, 3.05) is 18.0 Å². The van der Waals surface area contributed by atoms with Crippen LogP contribution >= 0.6 is 0 Å². The minimum absolute atomic E-state index is 0.129. The first-order chi connectivity index (χ1) is 10.2. The Bertz CT molecular complexity index is 420. The van der Waals surface area contributed by atoms with Crippen LogP contribution in [0.25, 0.3) is 0 Å². The van der Waals surface area contributed by atoms with E-state index in [-0.39, 0.29) is 5.41 Å². The Kier molecular flexibility index (Phi) is 5.84. The predicted molar refractivity (Wildman–Crippen MR) is 89.7 cm³/mol. The topological polar surface area (TPSA) is 20.3 Å². The van der Waals surface area contributed by atoms with Gasteiger partial charge in [-0.2, -0.15) is 0 Å². The van der Waals surface area contributed by atoms with E-state index in [0.29, 0.717) is 0 Å². The number of aldehydes is 1. The van der Waals surface area contributed by atoms with Crippen molar-refractivity contribution in [3.05, 3.63) is 30.3 Å². The quantitative estimate of drug-likeness (QED) is 0.678. The molecule has 1 fully saturated rings. The Hall–Kier alpha value is -1.31. The molecular formula is C19H29NO. The van der Waals surface area contributed by atoms with E-state index >= 15 is 0 Å². The second-order valence-corrected chi connectivity index (χ2v) is 6.77. The van der Waals surface area contributed by atoms with Crippen LogP contribution in [-0.4, -0.2) is 19.4 Å². The zero-order chi connectivity index (χ0) is 15.1. The smallest absolute Gasteiger partial charge is 0.127 e. The molecule has 1 aromatic carbocycles. The van der Waals surface area contributed by atoms with Crippen molar-refractivity contribution in [2.24, 2.45) is 11.3 Å². The molecular weight excluding hydrogens is 258 g/mol. The van der Waals surface area contributed by atoms with Crippen LogP contribution in [0.4, 0.5) is 5.69 Å². The van der Waals surface area contributed by atoms with Crippen LogP contribution < -0.4 is 4.90 Å². The lowest BCUT2D eigenvalue weighted by Crippen LogP contribution is -2.42. The Morgan fingerprint density at radius 3 is 2.48 bits per heavy atom. The Morgan fingerprint density at radius 2 is 1.90 bits per heavy atom. The summed E-state index contributed by atoms with van der Waals surface area (Å²) < 4.78 is 0. The first-order valence-electron chi connectivity index (χ1n) is 8.45. The fourth-order valence-electron chi connectivity index (χ4n) is 3.32. The third kappa shape index (κ3) is 4.33. The van der Waals surface area contributed by atoms with Crippen molar-refractivity contribution < 1.29 is 4.79 Å². The number of para-hydroxylation sites is 1. The minimum atomic E-state index is -0.129. The number of benzene rings is 1. The normalized spacial score (nSPS) is 25.5. The van der Waals surface area contributed by atoms with Gasteiger partial charge in [-0.25, -0.2) is 0 Å². The summed E-state index contributed by atoms with van der Waals surface area (Å²) in [5, 5.41) is 0. The summed E-state index contributed by atoms with van der Waals surface area (Å²) in [7, 11) is 0. The summed E-state index contributed by atoms with van der Waals surface area (Å²) in [4.78, 5) is 14.2. The monoisotopic (exact) mass is 287 g/mol. The van der Waals surface area contributed by atoms with Gasteiger partial charge in [0.2, 0.25) is 0 Å². The molecule has 0 atom stereocenters. The maximum Gasteiger partial charge on any atom is 0.127 e. The van der Waals surface area contributed by atoms with Gasteiger partial charge in [-0.3, -0.25) is 0 Å². The van der Waals surface area contributed by atoms with E-state index < -0.39 is 0 Å². The molecule has 0 amide bonds. The molecule has 0 saturated heterocycles. The number of unbranched alkanes of at least 4 members (excludes halogenated alkanes) is 1. The molecule has 2 rings (SSSR count). The average molecular weight is 287 g/mol. The number of carbonyl (C=O) groups is 1. The van der Waals surface area contributed by atoms with Gasteiger partial charge in [0.25, 0.3) is 0 Å². The molecule has 0 unspecified atom stereocenters. The number of hydrogen-bond donors (Lipinski definition) is 0. The molecule has 1 saturated carbocycles. The van der Waals surface area contributed by atoms with Crippen molar-refractivity contribution in [1.29, 1.82) is 0 Å². The number of nitrogens with zero attached hydrogens (tertiary/aromatic N) is 1. The van der Waals surface area contributed by atoms with E-state index in [1.165, 1.54) is 37.7 Å². The number of anilines is 1. The zero-order valence-corrected chi connectivity index (χ0v) is 13.6. The maximum absolute atomic E-state index is 11.8. The van der Waals surface area contributed by atoms with Gasteiger partial charge < -0.3 is 9.69 Å². The van der Waals surface area contributed by atoms with Gasteiger partial charge in [0, 0.05) is 24.2 Å². The van der Waals surface area contributed by atoms with Gasteiger partial charge in [-0.1, -0.05) is 38.5 Å². The summed E-state index contributed by atoms with van der Waals surface area (Å²) >= 11 is 0. The van der Waals surface area contributed by atoms with Crippen LogP contribution in [0.3, 0.4) is 0 Å². The molecule has 1 aliphatic rings. The van der Waals surface area contributed by atoms with E-state index in [0.717, 1.165) is 31.8 Å². The largest absolute Gasteiger partial charge is 0.371 e. The van der Waals surface area contributed by atoms with Gasteiger partial charge in [0.15, 0.2) is 0 Å². The van der Waals surface area contributed by atoms with Crippen molar-refractivity contribution in [3.63, 3.8) is 0 Å². The second kappa shape index (κ2) is 7.63. The van der Waals surface area contributed by atoms with Crippen molar-refractivity contribution in [2.45, 2.75) is 52.4 Å². The summed E-state index contributed by atoms with van der Waals surface area (Å²) in [6.45, 7) is 6.46. The first-order valence-corrected chi connectivity index (χ1v) is 8.45. The van der Waals surface area contributed by atoms with E-state index in [4.69, 9.17) is 0 Å². The van der Waals surface area contributed by atoms with Crippen molar-refractivity contribution in [1.82, 2.24) is 0 Å². The molecule has 21 heavy (non-hydrogen) atoms. The summed E-state index contributed by atoms with van der Waals surface area (Å²) in [5.41, 5.74) is 1.13. The molecule has 0 N–H and O–H groups in total. The highest BCUT2D eigenvalue weighted by Crippen LogP contribution is 2.38. The molecule has 0 spiro atoms. The van der Waals surface area contributed by atoms with E-state index in [9.17, 15) is 4.79 Å². The highest BCUT2D eigenvalue weighted by atomic mass is 16.1. The van der Waals surface area contributed by atoms with Crippen LogP contribution in [0.2, 0.25) is 0 Å². The summed E-state index contributed by atoms with van der Waals surface area (Å²) in [6.07, 6.45) is 8.10. The fraction of sp³-hybridized carbons (Fsp3) is 0.632. The Labute approximate surface area is 129 Å². The SMILES string of the molecule is CCCCN(CC1(C=O)CCC(C)CC1)c1ccccc1. The minimum Gasteiger partial charge on any atom is -0.371 e. The van der Waals surface area contributed by atoms with Gasteiger partial charge in [0.1, 0.15) is 6.29 Å². The van der Waals surface area contributed by atoms with Gasteiger partial charge in [0.05, 0.1) is 0 Å². The van der Waals surface area contributed by atoms with Crippen LogP contribution in [0, 0.1) is 11.3 Å².